The maximum absolute atomic E-state index is 13.3. The Morgan fingerprint density at radius 1 is 1.00 bits per heavy atom. The van der Waals surface area contributed by atoms with Crippen molar-refractivity contribution < 1.29 is 18.0 Å². The molecule has 2 aliphatic heterocycles. The van der Waals surface area contributed by atoms with Crippen molar-refractivity contribution in [3.05, 3.63) is 35.3 Å². The van der Waals surface area contributed by atoms with Gasteiger partial charge < -0.3 is 15.1 Å². The Balaban J connectivity index is 1.43. The molecule has 0 unspecified atom stereocenters. The highest BCUT2D eigenvalue weighted by Gasteiger charge is 2.32. The topological polar surface area (TPSA) is 51.7 Å². The zero-order chi connectivity index (χ0) is 22.6. The van der Waals surface area contributed by atoms with Crippen molar-refractivity contribution >= 4 is 33.8 Å². The molecule has 2 saturated heterocycles. The van der Waals surface area contributed by atoms with E-state index in [-0.39, 0.29) is 18.1 Å². The molecular weight excluding hydrogens is 439 g/mol. The Morgan fingerprint density at radius 3 is 2.50 bits per heavy atom. The van der Waals surface area contributed by atoms with Gasteiger partial charge in [-0.25, -0.2) is 4.98 Å². The lowest BCUT2D eigenvalue weighted by Crippen LogP contribution is -2.37. The van der Waals surface area contributed by atoms with Crippen LogP contribution in [0.15, 0.2) is 29.8 Å². The van der Waals surface area contributed by atoms with Gasteiger partial charge >= 0.3 is 6.18 Å². The molecule has 1 N–H and O–H groups in total. The first kappa shape index (κ1) is 22.8. The van der Waals surface area contributed by atoms with Gasteiger partial charge in [-0.3, -0.25) is 9.69 Å². The molecule has 0 saturated carbocycles. The quantitative estimate of drug-likeness (QED) is 0.711. The lowest BCUT2D eigenvalue weighted by Gasteiger charge is -2.31. The van der Waals surface area contributed by atoms with Gasteiger partial charge in [0.25, 0.3) is 0 Å². The highest BCUT2D eigenvalue weighted by atomic mass is 32.1. The number of hydrogen-bond acceptors (Lipinski definition) is 6. The molecule has 174 valence electrons. The summed E-state index contributed by atoms with van der Waals surface area (Å²) in [5.74, 6) is -0.287. The fourth-order valence-corrected chi connectivity index (χ4v) is 5.01. The van der Waals surface area contributed by atoms with Crippen LogP contribution in [-0.4, -0.2) is 61.6 Å². The van der Waals surface area contributed by atoms with Crippen LogP contribution >= 0.6 is 11.3 Å². The molecular formula is C22H28F3N5OS. The minimum Gasteiger partial charge on any atom is -0.370 e. The first-order valence-corrected chi connectivity index (χ1v) is 11.9. The zero-order valence-corrected chi connectivity index (χ0v) is 18.7. The summed E-state index contributed by atoms with van der Waals surface area (Å²) < 4.78 is 39.9. The van der Waals surface area contributed by atoms with E-state index in [4.69, 9.17) is 0 Å². The number of halogens is 3. The number of benzene rings is 1. The van der Waals surface area contributed by atoms with Crippen molar-refractivity contribution in [3.8, 4) is 0 Å². The molecule has 32 heavy (non-hydrogen) atoms. The van der Waals surface area contributed by atoms with Gasteiger partial charge in [-0.05, 0) is 43.9 Å². The van der Waals surface area contributed by atoms with Crippen LogP contribution in [0.5, 0.6) is 0 Å². The Bertz CT molecular complexity index is 899. The summed E-state index contributed by atoms with van der Waals surface area (Å²) in [6.07, 6.45) is 1.34. The Kier molecular flexibility index (Phi) is 7.20. The van der Waals surface area contributed by atoms with Crippen LogP contribution in [0.3, 0.4) is 0 Å². The van der Waals surface area contributed by atoms with Gasteiger partial charge in [-0.1, -0.05) is 0 Å². The maximum Gasteiger partial charge on any atom is 0.416 e. The van der Waals surface area contributed by atoms with E-state index in [0.29, 0.717) is 12.2 Å². The van der Waals surface area contributed by atoms with Crippen molar-refractivity contribution in [2.45, 2.75) is 31.9 Å². The van der Waals surface area contributed by atoms with E-state index >= 15 is 0 Å². The maximum atomic E-state index is 13.3. The molecule has 0 spiro atoms. The van der Waals surface area contributed by atoms with Gasteiger partial charge in [0.05, 0.1) is 23.5 Å². The van der Waals surface area contributed by atoms with E-state index < -0.39 is 11.7 Å². The summed E-state index contributed by atoms with van der Waals surface area (Å²) in [6, 6.07) is 3.65. The van der Waals surface area contributed by atoms with Crippen LogP contribution in [0.25, 0.3) is 0 Å². The number of alkyl halides is 3. The van der Waals surface area contributed by atoms with Crippen molar-refractivity contribution in [1.29, 1.82) is 0 Å². The number of aromatic nitrogens is 1. The van der Waals surface area contributed by atoms with E-state index in [1.54, 1.807) is 17.5 Å². The molecule has 1 aromatic carbocycles. The average molecular weight is 468 g/mol. The van der Waals surface area contributed by atoms with Crippen molar-refractivity contribution in [2.75, 3.05) is 60.9 Å². The normalized spacial score (nSPS) is 18.5. The van der Waals surface area contributed by atoms with E-state index in [1.165, 1.54) is 6.07 Å². The van der Waals surface area contributed by atoms with Crippen molar-refractivity contribution in [3.63, 3.8) is 0 Å². The van der Waals surface area contributed by atoms with Crippen molar-refractivity contribution in [2.24, 2.45) is 0 Å². The lowest BCUT2D eigenvalue weighted by atomic mass is 10.1. The predicted octanol–water partition coefficient (Wildman–Crippen LogP) is 4.30. The molecule has 0 aliphatic carbocycles. The number of rotatable bonds is 5. The third kappa shape index (κ3) is 5.72. The average Bonchev–Trinajstić information content (AvgIpc) is 3.21. The van der Waals surface area contributed by atoms with Gasteiger partial charge in [0.2, 0.25) is 5.91 Å². The second kappa shape index (κ2) is 10.1. The number of anilines is 3. The second-order valence-electron chi connectivity index (χ2n) is 8.26. The lowest BCUT2D eigenvalue weighted by molar-refractivity contribution is -0.137. The van der Waals surface area contributed by atoms with Gasteiger partial charge in [-0.15, -0.1) is 11.3 Å². The molecule has 1 amide bonds. The van der Waals surface area contributed by atoms with Crippen LogP contribution in [0, 0.1) is 0 Å². The van der Waals surface area contributed by atoms with Crippen LogP contribution < -0.4 is 15.1 Å². The number of nitrogens with zero attached hydrogens (tertiary/aromatic N) is 4. The van der Waals surface area contributed by atoms with E-state index in [2.05, 4.69) is 25.0 Å². The van der Waals surface area contributed by atoms with Crippen LogP contribution in [0.4, 0.5) is 29.7 Å². The first-order valence-electron chi connectivity index (χ1n) is 11.0. The third-order valence-electron chi connectivity index (χ3n) is 5.94. The van der Waals surface area contributed by atoms with Gasteiger partial charge in [0.1, 0.15) is 0 Å². The largest absolute Gasteiger partial charge is 0.416 e. The Labute approximate surface area is 190 Å². The minimum absolute atomic E-state index is 0.154. The number of carbonyl (C=O) groups is 1. The number of amides is 1. The Morgan fingerprint density at radius 2 is 1.78 bits per heavy atom. The van der Waals surface area contributed by atoms with E-state index in [1.807, 2.05) is 5.38 Å². The fraction of sp³-hybridized carbons (Fsp3) is 0.545. The second-order valence-corrected chi connectivity index (χ2v) is 9.13. The minimum atomic E-state index is -4.45. The molecule has 4 rings (SSSR count). The number of thiazole rings is 1. The molecule has 3 heterocycles. The number of hydrogen-bond donors (Lipinski definition) is 1. The highest BCUT2D eigenvalue weighted by Crippen LogP contribution is 2.36. The molecule has 1 aromatic heterocycles. The zero-order valence-electron chi connectivity index (χ0n) is 17.9. The number of piperidine rings is 1. The molecule has 10 heteroatoms. The summed E-state index contributed by atoms with van der Waals surface area (Å²) in [7, 11) is 0. The van der Waals surface area contributed by atoms with Crippen LogP contribution in [0.2, 0.25) is 0 Å². The first-order chi connectivity index (χ1) is 15.4. The number of carbonyl (C=O) groups excluding carboxylic acids is 1. The van der Waals surface area contributed by atoms with E-state index in [0.717, 1.165) is 75.7 Å². The molecule has 2 aliphatic rings. The summed E-state index contributed by atoms with van der Waals surface area (Å²) in [5, 5.41) is 5.70. The summed E-state index contributed by atoms with van der Waals surface area (Å²) in [4.78, 5) is 23.5. The van der Waals surface area contributed by atoms with Crippen molar-refractivity contribution in [1.82, 2.24) is 9.88 Å². The molecule has 2 fully saturated rings. The standard InChI is InChI=1S/C22H28F3N5OS/c23-22(24,25)17-5-6-19(29-9-2-1-3-10-29)18(15-17)27-20(31)16-28-8-4-11-30(13-12-28)21-26-7-14-32-21/h5-7,14-15H,1-4,8-13,16H2,(H,27,31). The smallest absolute Gasteiger partial charge is 0.370 e. The summed E-state index contributed by atoms with van der Waals surface area (Å²) >= 11 is 1.59. The highest BCUT2D eigenvalue weighted by molar-refractivity contribution is 7.13. The third-order valence-corrected chi connectivity index (χ3v) is 6.77. The van der Waals surface area contributed by atoms with Gasteiger partial charge in [-0.2, -0.15) is 13.2 Å². The fourth-order valence-electron chi connectivity index (χ4n) is 4.31. The SMILES string of the molecule is O=C(CN1CCCN(c2nccs2)CC1)Nc1cc(C(F)(F)F)ccc1N1CCCCC1. The Hall–Kier alpha value is -2.33. The van der Waals surface area contributed by atoms with E-state index in [9.17, 15) is 18.0 Å². The van der Waals surface area contributed by atoms with Crippen LogP contribution in [-0.2, 0) is 11.0 Å². The molecule has 0 atom stereocenters. The van der Waals surface area contributed by atoms with Crippen LogP contribution in [0.1, 0.15) is 31.2 Å². The molecule has 0 radical (unpaired) electrons. The molecule has 0 bridgehead atoms. The molecule has 2 aromatic rings. The number of nitrogens with one attached hydrogen (secondary N) is 1. The summed E-state index contributed by atoms with van der Waals surface area (Å²) in [6.45, 7) is 4.83. The van der Waals surface area contributed by atoms with Gasteiger partial charge in [0, 0.05) is 50.8 Å². The van der Waals surface area contributed by atoms with Gasteiger partial charge in [0.15, 0.2) is 5.13 Å². The summed E-state index contributed by atoms with van der Waals surface area (Å²) in [5.41, 5.74) is 0.158. The monoisotopic (exact) mass is 467 g/mol. The predicted molar refractivity (Wildman–Crippen MR) is 122 cm³/mol. The molecule has 6 nitrogen and oxygen atoms in total.